The van der Waals surface area contributed by atoms with Crippen LogP contribution in [-0.2, 0) is 13.1 Å². The maximum Gasteiger partial charge on any atom is 0.191 e. The van der Waals surface area contributed by atoms with Crippen LogP contribution in [0.5, 0.6) is 0 Å². The third-order valence-corrected chi connectivity index (χ3v) is 4.01. The standard InChI is InChI=1S/C19H19ClFN5.HI/c1-22-19(23-10-14-3-2-4-17(21)9-14)24-11-15-12-25-26(13-15)18-7-5-16(20)6-8-18;/h2-9,12-13H,10-11H2,1H3,(H2,22,23,24);1H. The highest BCUT2D eigenvalue weighted by molar-refractivity contribution is 14.0. The molecule has 0 atom stereocenters. The summed E-state index contributed by atoms with van der Waals surface area (Å²) in [6, 6.07) is 13.9. The van der Waals surface area contributed by atoms with E-state index in [1.807, 2.05) is 36.5 Å². The van der Waals surface area contributed by atoms with Crippen LogP contribution in [0.4, 0.5) is 4.39 Å². The summed E-state index contributed by atoms with van der Waals surface area (Å²) >= 11 is 5.91. The highest BCUT2D eigenvalue weighted by Gasteiger charge is 2.04. The van der Waals surface area contributed by atoms with Crippen molar-refractivity contribution in [3.63, 3.8) is 0 Å². The first-order valence-electron chi connectivity index (χ1n) is 8.12. The number of guanidine groups is 1. The van der Waals surface area contributed by atoms with Crippen LogP contribution in [0, 0.1) is 5.82 Å². The number of hydrogen-bond acceptors (Lipinski definition) is 2. The Kier molecular flexibility index (Phi) is 8.05. The van der Waals surface area contributed by atoms with Crippen LogP contribution in [0.25, 0.3) is 5.69 Å². The Morgan fingerprint density at radius 1 is 1.11 bits per heavy atom. The van der Waals surface area contributed by atoms with E-state index >= 15 is 0 Å². The molecule has 0 saturated carbocycles. The molecular weight excluding hydrogens is 480 g/mol. The first-order valence-corrected chi connectivity index (χ1v) is 8.50. The molecule has 1 aromatic heterocycles. The van der Waals surface area contributed by atoms with E-state index in [1.54, 1.807) is 24.0 Å². The summed E-state index contributed by atoms with van der Waals surface area (Å²) in [6.45, 7) is 1.05. The number of aliphatic imine (C=N–C) groups is 1. The van der Waals surface area contributed by atoms with E-state index in [1.165, 1.54) is 12.1 Å². The average Bonchev–Trinajstić information content (AvgIpc) is 3.11. The number of benzene rings is 2. The first-order chi connectivity index (χ1) is 12.6. The predicted molar refractivity (Wildman–Crippen MR) is 117 cm³/mol. The zero-order chi connectivity index (χ0) is 18.4. The van der Waals surface area contributed by atoms with Crippen molar-refractivity contribution in [2.45, 2.75) is 13.1 Å². The van der Waals surface area contributed by atoms with Crippen molar-refractivity contribution in [1.82, 2.24) is 20.4 Å². The van der Waals surface area contributed by atoms with E-state index < -0.39 is 0 Å². The van der Waals surface area contributed by atoms with Gasteiger partial charge in [-0.15, -0.1) is 24.0 Å². The van der Waals surface area contributed by atoms with Crippen molar-refractivity contribution in [1.29, 1.82) is 0 Å². The fourth-order valence-electron chi connectivity index (χ4n) is 2.43. The monoisotopic (exact) mass is 499 g/mol. The number of halogens is 3. The molecular formula is C19H20ClFIN5. The minimum absolute atomic E-state index is 0. The van der Waals surface area contributed by atoms with Crippen LogP contribution in [0.1, 0.15) is 11.1 Å². The lowest BCUT2D eigenvalue weighted by molar-refractivity contribution is 0.624. The van der Waals surface area contributed by atoms with Crippen molar-refractivity contribution < 1.29 is 4.39 Å². The van der Waals surface area contributed by atoms with Gasteiger partial charge in [-0.2, -0.15) is 5.10 Å². The molecule has 0 bridgehead atoms. The summed E-state index contributed by atoms with van der Waals surface area (Å²) in [5.74, 6) is 0.385. The highest BCUT2D eigenvalue weighted by Crippen LogP contribution is 2.13. The molecule has 3 rings (SSSR count). The molecule has 1 heterocycles. The van der Waals surface area contributed by atoms with Gasteiger partial charge < -0.3 is 10.6 Å². The fourth-order valence-corrected chi connectivity index (χ4v) is 2.55. The Morgan fingerprint density at radius 2 is 1.81 bits per heavy atom. The molecule has 3 aromatic rings. The number of nitrogens with zero attached hydrogens (tertiary/aromatic N) is 3. The second-order valence-electron chi connectivity index (χ2n) is 5.68. The molecule has 5 nitrogen and oxygen atoms in total. The molecule has 2 aromatic carbocycles. The normalized spacial score (nSPS) is 11.0. The molecule has 142 valence electrons. The van der Waals surface area contributed by atoms with Crippen LogP contribution in [0.2, 0.25) is 5.02 Å². The average molecular weight is 500 g/mol. The zero-order valence-electron chi connectivity index (χ0n) is 14.7. The van der Waals surface area contributed by atoms with Gasteiger partial charge in [0.05, 0.1) is 11.9 Å². The molecule has 0 aliphatic rings. The predicted octanol–water partition coefficient (Wildman–Crippen LogP) is 4.15. The van der Waals surface area contributed by atoms with Crippen molar-refractivity contribution in [3.05, 3.63) is 82.9 Å². The zero-order valence-corrected chi connectivity index (χ0v) is 17.8. The molecule has 0 amide bonds. The van der Waals surface area contributed by atoms with E-state index in [0.717, 1.165) is 16.8 Å². The van der Waals surface area contributed by atoms with Crippen molar-refractivity contribution in [2.24, 2.45) is 4.99 Å². The maximum atomic E-state index is 13.2. The molecule has 0 radical (unpaired) electrons. The van der Waals surface area contributed by atoms with Crippen LogP contribution in [-0.4, -0.2) is 22.8 Å². The van der Waals surface area contributed by atoms with Gasteiger partial charge in [0, 0.05) is 36.9 Å². The van der Waals surface area contributed by atoms with Crippen LogP contribution in [0.3, 0.4) is 0 Å². The first kappa shape index (κ1) is 21.2. The Labute approximate surface area is 179 Å². The molecule has 0 aliphatic heterocycles. The molecule has 27 heavy (non-hydrogen) atoms. The van der Waals surface area contributed by atoms with Gasteiger partial charge in [0.25, 0.3) is 0 Å². The lowest BCUT2D eigenvalue weighted by Gasteiger charge is -2.11. The number of nitrogens with one attached hydrogen (secondary N) is 2. The summed E-state index contributed by atoms with van der Waals surface area (Å²) in [5.41, 5.74) is 2.80. The van der Waals surface area contributed by atoms with E-state index in [0.29, 0.717) is 24.1 Å². The van der Waals surface area contributed by atoms with Gasteiger partial charge in [-0.05, 0) is 42.0 Å². The second kappa shape index (κ2) is 10.3. The summed E-state index contributed by atoms with van der Waals surface area (Å²) in [7, 11) is 1.69. The Morgan fingerprint density at radius 3 is 2.48 bits per heavy atom. The maximum absolute atomic E-state index is 13.2. The van der Waals surface area contributed by atoms with Gasteiger partial charge in [0.2, 0.25) is 0 Å². The number of aromatic nitrogens is 2. The van der Waals surface area contributed by atoms with Gasteiger partial charge in [-0.3, -0.25) is 4.99 Å². The molecule has 8 heteroatoms. The molecule has 0 spiro atoms. The van der Waals surface area contributed by atoms with E-state index in [-0.39, 0.29) is 29.8 Å². The molecule has 2 N–H and O–H groups in total. The summed E-state index contributed by atoms with van der Waals surface area (Å²) in [4.78, 5) is 4.17. The Balaban J connectivity index is 0.00000261. The number of hydrogen-bond donors (Lipinski definition) is 2. The number of rotatable bonds is 5. The molecule has 0 unspecified atom stereocenters. The SMILES string of the molecule is CN=C(NCc1cccc(F)c1)NCc1cnn(-c2ccc(Cl)cc2)c1.I. The third-order valence-electron chi connectivity index (χ3n) is 3.76. The van der Waals surface area contributed by atoms with Gasteiger partial charge in [0.1, 0.15) is 5.82 Å². The minimum Gasteiger partial charge on any atom is -0.352 e. The van der Waals surface area contributed by atoms with Crippen LogP contribution < -0.4 is 10.6 Å². The Hall–Kier alpha value is -2.13. The molecule has 0 saturated heterocycles. The van der Waals surface area contributed by atoms with Gasteiger partial charge in [0.15, 0.2) is 5.96 Å². The Bertz CT molecular complexity index is 895. The quantitative estimate of drug-likeness (QED) is 0.315. The fraction of sp³-hybridized carbons (Fsp3) is 0.158. The topological polar surface area (TPSA) is 54.2 Å². The highest BCUT2D eigenvalue weighted by atomic mass is 127. The van der Waals surface area contributed by atoms with Crippen molar-refractivity contribution >= 4 is 41.5 Å². The second-order valence-corrected chi connectivity index (χ2v) is 6.12. The van der Waals surface area contributed by atoms with Crippen molar-refractivity contribution in [3.8, 4) is 5.69 Å². The van der Waals surface area contributed by atoms with Gasteiger partial charge in [-0.25, -0.2) is 9.07 Å². The van der Waals surface area contributed by atoms with E-state index in [4.69, 9.17) is 11.6 Å². The molecule has 0 fully saturated rings. The van der Waals surface area contributed by atoms with Gasteiger partial charge >= 0.3 is 0 Å². The van der Waals surface area contributed by atoms with E-state index in [9.17, 15) is 4.39 Å². The summed E-state index contributed by atoms with van der Waals surface area (Å²) < 4.78 is 15.0. The smallest absolute Gasteiger partial charge is 0.191 e. The largest absolute Gasteiger partial charge is 0.352 e. The van der Waals surface area contributed by atoms with Crippen molar-refractivity contribution in [2.75, 3.05) is 7.05 Å². The molecule has 0 aliphatic carbocycles. The van der Waals surface area contributed by atoms with E-state index in [2.05, 4.69) is 20.7 Å². The summed E-state index contributed by atoms with van der Waals surface area (Å²) in [5, 5.41) is 11.4. The summed E-state index contributed by atoms with van der Waals surface area (Å²) in [6.07, 6.45) is 3.73. The third kappa shape index (κ3) is 6.21. The van der Waals surface area contributed by atoms with Crippen LogP contribution in [0.15, 0.2) is 65.9 Å². The lowest BCUT2D eigenvalue weighted by atomic mass is 10.2. The lowest BCUT2D eigenvalue weighted by Crippen LogP contribution is -2.36. The van der Waals surface area contributed by atoms with Gasteiger partial charge in [-0.1, -0.05) is 23.7 Å². The minimum atomic E-state index is -0.248. The van der Waals surface area contributed by atoms with Crippen LogP contribution >= 0.6 is 35.6 Å².